The van der Waals surface area contributed by atoms with Crippen molar-refractivity contribution in [2.75, 3.05) is 13.2 Å². The van der Waals surface area contributed by atoms with Crippen LogP contribution in [0.3, 0.4) is 0 Å². The van der Waals surface area contributed by atoms with Crippen LogP contribution in [0.1, 0.15) is 13.8 Å². The van der Waals surface area contributed by atoms with E-state index in [2.05, 4.69) is 5.32 Å². The summed E-state index contributed by atoms with van der Waals surface area (Å²) in [6.45, 7) is 4.53. The van der Waals surface area contributed by atoms with Gasteiger partial charge in [0.25, 0.3) is 0 Å². The second-order valence-electron chi connectivity index (χ2n) is 3.10. The van der Waals surface area contributed by atoms with E-state index in [4.69, 9.17) is 10.2 Å². The Bertz CT molecular complexity index is 180. The summed E-state index contributed by atoms with van der Waals surface area (Å²) in [4.78, 5) is 10.1. The lowest BCUT2D eigenvalue weighted by molar-refractivity contribution is -0.131. The maximum atomic E-state index is 10.1. The third-order valence-electron chi connectivity index (χ3n) is 1.96. The van der Waals surface area contributed by atoms with E-state index in [0.717, 1.165) is 6.08 Å². The highest BCUT2D eigenvalue weighted by molar-refractivity contribution is 5.79. The fourth-order valence-corrected chi connectivity index (χ4v) is 0.773. The first-order chi connectivity index (χ1) is 6.07. The summed E-state index contributed by atoms with van der Waals surface area (Å²) >= 11 is 0. The van der Waals surface area contributed by atoms with Gasteiger partial charge in [-0.2, -0.15) is 0 Å². The molecule has 0 aromatic carbocycles. The van der Waals surface area contributed by atoms with E-state index in [-0.39, 0.29) is 18.6 Å². The van der Waals surface area contributed by atoms with Gasteiger partial charge in [-0.1, -0.05) is 13.0 Å². The summed E-state index contributed by atoms with van der Waals surface area (Å²) in [7, 11) is 0. The van der Waals surface area contributed by atoms with Gasteiger partial charge in [0.2, 0.25) is 0 Å². The van der Waals surface area contributed by atoms with Crippen LogP contribution >= 0.6 is 0 Å². The van der Waals surface area contributed by atoms with Gasteiger partial charge in [0.05, 0.1) is 0 Å². The van der Waals surface area contributed by atoms with Gasteiger partial charge in [-0.05, 0) is 12.8 Å². The monoisotopic (exact) mass is 187 g/mol. The van der Waals surface area contributed by atoms with Crippen LogP contribution in [0.25, 0.3) is 0 Å². The normalized spacial score (nSPS) is 15.9. The molecule has 4 nitrogen and oxygen atoms in total. The number of nitrogens with one attached hydrogen (secondary N) is 1. The van der Waals surface area contributed by atoms with Gasteiger partial charge in [-0.25, -0.2) is 4.79 Å². The van der Waals surface area contributed by atoms with Crippen molar-refractivity contribution >= 4 is 5.97 Å². The van der Waals surface area contributed by atoms with Crippen molar-refractivity contribution < 1.29 is 15.0 Å². The molecule has 0 amide bonds. The SMILES string of the molecule is CC(CO)C(C)NC/C=C/C(=O)O. The van der Waals surface area contributed by atoms with Crippen molar-refractivity contribution in [2.45, 2.75) is 19.9 Å². The first kappa shape index (κ1) is 12.1. The van der Waals surface area contributed by atoms with Crippen molar-refractivity contribution in [1.29, 1.82) is 0 Å². The fourth-order valence-electron chi connectivity index (χ4n) is 0.773. The number of aliphatic carboxylic acids is 1. The zero-order valence-corrected chi connectivity index (χ0v) is 8.03. The van der Waals surface area contributed by atoms with E-state index >= 15 is 0 Å². The van der Waals surface area contributed by atoms with Gasteiger partial charge < -0.3 is 15.5 Å². The zero-order valence-electron chi connectivity index (χ0n) is 8.03. The first-order valence-electron chi connectivity index (χ1n) is 4.31. The Labute approximate surface area is 78.3 Å². The topological polar surface area (TPSA) is 69.6 Å². The molecule has 13 heavy (non-hydrogen) atoms. The molecule has 0 heterocycles. The molecule has 0 aromatic rings. The van der Waals surface area contributed by atoms with E-state index < -0.39 is 5.97 Å². The molecule has 0 aliphatic carbocycles. The number of aliphatic hydroxyl groups excluding tert-OH is 1. The van der Waals surface area contributed by atoms with Crippen molar-refractivity contribution in [3.8, 4) is 0 Å². The fraction of sp³-hybridized carbons (Fsp3) is 0.667. The smallest absolute Gasteiger partial charge is 0.328 e. The number of aliphatic hydroxyl groups is 1. The Morgan fingerprint density at radius 2 is 2.15 bits per heavy atom. The van der Waals surface area contributed by atoms with Gasteiger partial charge >= 0.3 is 5.97 Å². The molecular formula is C9H17NO3. The summed E-state index contributed by atoms with van der Waals surface area (Å²) in [6.07, 6.45) is 2.65. The summed E-state index contributed by atoms with van der Waals surface area (Å²) in [6, 6.07) is 0.184. The van der Waals surface area contributed by atoms with Gasteiger partial charge in [0.1, 0.15) is 0 Å². The summed E-state index contributed by atoms with van der Waals surface area (Å²) in [5.74, 6) is -0.761. The Kier molecular flexibility index (Phi) is 6.18. The van der Waals surface area contributed by atoms with Gasteiger partial charge in [0.15, 0.2) is 0 Å². The first-order valence-corrected chi connectivity index (χ1v) is 4.31. The van der Waals surface area contributed by atoms with Crippen LogP contribution in [0.5, 0.6) is 0 Å². The number of carbonyl (C=O) groups is 1. The van der Waals surface area contributed by atoms with Crippen LogP contribution in [0.15, 0.2) is 12.2 Å². The molecular weight excluding hydrogens is 170 g/mol. The molecule has 0 aliphatic rings. The molecule has 2 atom stereocenters. The second kappa shape index (κ2) is 6.62. The van der Waals surface area contributed by atoms with Crippen LogP contribution in [0.2, 0.25) is 0 Å². The average Bonchev–Trinajstić information content (AvgIpc) is 2.10. The molecule has 4 heteroatoms. The number of hydrogen-bond donors (Lipinski definition) is 3. The molecule has 2 unspecified atom stereocenters. The maximum absolute atomic E-state index is 10.1. The van der Waals surface area contributed by atoms with E-state index in [1.807, 2.05) is 13.8 Å². The van der Waals surface area contributed by atoms with Crippen molar-refractivity contribution in [3.63, 3.8) is 0 Å². The van der Waals surface area contributed by atoms with Crippen molar-refractivity contribution in [2.24, 2.45) is 5.92 Å². The summed E-state index contributed by atoms with van der Waals surface area (Å²) in [5.41, 5.74) is 0. The highest BCUT2D eigenvalue weighted by atomic mass is 16.4. The van der Waals surface area contributed by atoms with Crippen LogP contribution in [0.4, 0.5) is 0 Å². The highest BCUT2D eigenvalue weighted by Gasteiger charge is 2.08. The van der Waals surface area contributed by atoms with Crippen LogP contribution < -0.4 is 5.32 Å². The summed E-state index contributed by atoms with van der Waals surface area (Å²) in [5, 5.41) is 20.2. The lowest BCUT2D eigenvalue weighted by atomic mass is 10.1. The molecule has 3 N–H and O–H groups in total. The number of hydrogen-bond acceptors (Lipinski definition) is 3. The molecule has 0 aromatic heterocycles. The minimum atomic E-state index is -0.940. The lowest BCUT2D eigenvalue weighted by Gasteiger charge is -2.17. The van der Waals surface area contributed by atoms with Gasteiger partial charge in [0, 0.05) is 25.3 Å². The van der Waals surface area contributed by atoms with Crippen LogP contribution in [-0.4, -0.2) is 35.4 Å². The molecule has 0 spiro atoms. The van der Waals surface area contributed by atoms with E-state index in [1.54, 1.807) is 6.08 Å². The predicted molar refractivity (Wildman–Crippen MR) is 50.5 cm³/mol. The number of carboxylic acid groups (broad SMARTS) is 1. The van der Waals surface area contributed by atoms with Crippen LogP contribution in [0, 0.1) is 5.92 Å². The van der Waals surface area contributed by atoms with Gasteiger partial charge in [-0.15, -0.1) is 0 Å². The third-order valence-corrected chi connectivity index (χ3v) is 1.96. The lowest BCUT2D eigenvalue weighted by Crippen LogP contribution is -2.33. The van der Waals surface area contributed by atoms with E-state index in [0.29, 0.717) is 6.54 Å². The number of rotatable bonds is 6. The quantitative estimate of drug-likeness (QED) is 0.521. The third kappa shape index (κ3) is 6.31. The van der Waals surface area contributed by atoms with Crippen molar-refractivity contribution in [3.05, 3.63) is 12.2 Å². The number of carboxylic acids is 1. The minimum absolute atomic E-state index is 0.136. The molecule has 0 bridgehead atoms. The zero-order chi connectivity index (χ0) is 10.3. The summed E-state index contributed by atoms with van der Waals surface area (Å²) < 4.78 is 0. The van der Waals surface area contributed by atoms with E-state index in [1.165, 1.54) is 0 Å². The average molecular weight is 187 g/mol. The Morgan fingerprint density at radius 3 is 2.62 bits per heavy atom. The van der Waals surface area contributed by atoms with E-state index in [9.17, 15) is 4.79 Å². The standard InChI is InChI=1S/C9H17NO3/c1-7(6-11)8(2)10-5-3-4-9(12)13/h3-4,7-8,10-11H,5-6H2,1-2H3,(H,12,13)/b4-3+. The molecule has 0 radical (unpaired) electrons. The maximum Gasteiger partial charge on any atom is 0.328 e. The second-order valence-corrected chi connectivity index (χ2v) is 3.10. The highest BCUT2D eigenvalue weighted by Crippen LogP contribution is 1.99. The molecule has 0 fully saturated rings. The largest absolute Gasteiger partial charge is 0.478 e. The molecule has 0 rings (SSSR count). The molecule has 0 saturated carbocycles. The Morgan fingerprint density at radius 1 is 1.54 bits per heavy atom. The Balaban J connectivity index is 3.58. The van der Waals surface area contributed by atoms with Gasteiger partial charge in [-0.3, -0.25) is 0 Å². The Hall–Kier alpha value is -0.870. The molecule has 0 saturated heterocycles. The van der Waals surface area contributed by atoms with Crippen LogP contribution in [-0.2, 0) is 4.79 Å². The predicted octanol–water partition coefficient (Wildman–Crippen LogP) is 0.234. The van der Waals surface area contributed by atoms with Crippen molar-refractivity contribution in [1.82, 2.24) is 5.32 Å². The molecule has 76 valence electrons. The molecule has 0 aliphatic heterocycles. The minimum Gasteiger partial charge on any atom is -0.478 e.